The van der Waals surface area contributed by atoms with Gasteiger partial charge in [0.1, 0.15) is 5.76 Å². The molecule has 3 rings (SSSR count). The Morgan fingerprint density at radius 2 is 2.29 bits per heavy atom. The maximum Gasteiger partial charge on any atom is 0.193 e. The highest BCUT2D eigenvalue weighted by molar-refractivity contribution is 14.0. The van der Waals surface area contributed by atoms with Crippen molar-refractivity contribution in [1.82, 2.24) is 15.1 Å². The fraction of sp³-hybridized carbons (Fsp3) is 0.706. The van der Waals surface area contributed by atoms with E-state index in [1.165, 1.54) is 12.8 Å². The molecule has 1 N–H and O–H groups in total. The van der Waals surface area contributed by atoms with Gasteiger partial charge in [0.2, 0.25) is 0 Å². The topological polar surface area (TPSA) is 53.2 Å². The van der Waals surface area contributed by atoms with Crippen LogP contribution in [0.3, 0.4) is 0 Å². The molecule has 2 atom stereocenters. The van der Waals surface area contributed by atoms with Crippen LogP contribution < -0.4 is 5.32 Å². The van der Waals surface area contributed by atoms with E-state index in [9.17, 15) is 0 Å². The number of hydrogen-bond acceptors (Lipinski definition) is 4. The van der Waals surface area contributed by atoms with Crippen LogP contribution in [0.15, 0.2) is 27.8 Å². The van der Waals surface area contributed by atoms with E-state index in [0.717, 1.165) is 44.6 Å². The number of likely N-dealkylation sites (N-methyl/N-ethyl adjacent to an activating group) is 1. The van der Waals surface area contributed by atoms with Gasteiger partial charge in [-0.25, -0.2) is 0 Å². The van der Waals surface area contributed by atoms with E-state index in [1.807, 2.05) is 19.2 Å². The van der Waals surface area contributed by atoms with Gasteiger partial charge in [0.05, 0.1) is 18.9 Å². The molecule has 3 heterocycles. The lowest BCUT2D eigenvalue weighted by atomic mass is 9.87. The van der Waals surface area contributed by atoms with Gasteiger partial charge in [0.15, 0.2) is 5.96 Å². The van der Waals surface area contributed by atoms with Gasteiger partial charge < -0.3 is 19.4 Å². The summed E-state index contributed by atoms with van der Waals surface area (Å²) in [6.07, 6.45) is 4.10. The van der Waals surface area contributed by atoms with Crippen LogP contribution in [0.1, 0.15) is 24.6 Å². The molecule has 0 radical (unpaired) electrons. The van der Waals surface area contributed by atoms with Gasteiger partial charge in [-0.3, -0.25) is 9.89 Å². The van der Waals surface area contributed by atoms with Crippen LogP contribution in [0.2, 0.25) is 0 Å². The van der Waals surface area contributed by atoms with Crippen LogP contribution in [-0.2, 0) is 4.74 Å². The Morgan fingerprint density at radius 3 is 2.88 bits per heavy atom. The van der Waals surface area contributed by atoms with Crippen LogP contribution in [0, 0.1) is 5.41 Å². The first-order chi connectivity index (χ1) is 11.1. The maximum atomic E-state index is 5.62. The molecule has 136 valence electrons. The third-order valence-electron chi connectivity index (χ3n) is 5.08. The Hall–Kier alpha value is -0.800. The van der Waals surface area contributed by atoms with Gasteiger partial charge >= 0.3 is 0 Å². The average Bonchev–Trinajstić information content (AvgIpc) is 3.27. The van der Waals surface area contributed by atoms with Crippen LogP contribution in [-0.4, -0.2) is 69.8 Å². The fourth-order valence-corrected chi connectivity index (χ4v) is 3.63. The van der Waals surface area contributed by atoms with E-state index in [1.54, 1.807) is 6.26 Å². The Balaban J connectivity index is 0.00000208. The average molecular weight is 448 g/mol. The van der Waals surface area contributed by atoms with Crippen molar-refractivity contribution in [3.05, 3.63) is 24.2 Å². The number of guanidine groups is 1. The zero-order valence-electron chi connectivity index (χ0n) is 14.8. The largest absolute Gasteiger partial charge is 0.468 e. The first-order valence-electron chi connectivity index (χ1n) is 8.37. The summed E-state index contributed by atoms with van der Waals surface area (Å²) in [5.74, 6) is 1.95. The molecule has 0 aromatic carbocycles. The lowest BCUT2D eigenvalue weighted by Gasteiger charge is -2.28. The summed E-state index contributed by atoms with van der Waals surface area (Å²) in [6.45, 7) is 4.66. The standard InChI is InChI=1S/C17H28N4O2.HI/c1-18-16(21-8-6-17(12-21)7-10-22-13-17)19-11-14(20(2)3)15-5-4-9-23-15;/h4-5,9,14H,6-8,10-13H2,1-3H3,(H,18,19);1H. The lowest BCUT2D eigenvalue weighted by molar-refractivity contribution is 0.156. The van der Waals surface area contributed by atoms with Crippen LogP contribution in [0.5, 0.6) is 0 Å². The quantitative estimate of drug-likeness (QED) is 0.435. The van der Waals surface area contributed by atoms with Gasteiger partial charge in [-0.2, -0.15) is 0 Å². The molecule has 0 saturated carbocycles. The fourth-order valence-electron chi connectivity index (χ4n) is 3.63. The zero-order valence-corrected chi connectivity index (χ0v) is 17.2. The summed E-state index contributed by atoms with van der Waals surface area (Å²) < 4.78 is 11.2. The summed E-state index contributed by atoms with van der Waals surface area (Å²) in [5, 5.41) is 3.52. The lowest BCUT2D eigenvalue weighted by Crippen LogP contribution is -2.44. The minimum Gasteiger partial charge on any atom is -0.468 e. The number of halogens is 1. The third kappa shape index (κ3) is 4.23. The van der Waals surface area contributed by atoms with Crippen molar-refractivity contribution < 1.29 is 9.15 Å². The highest BCUT2D eigenvalue weighted by Crippen LogP contribution is 2.38. The van der Waals surface area contributed by atoms with Gasteiger partial charge in [0.25, 0.3) is 0 Å². The van der Waals surface area contributed by atoms with Gasteiger partial charge in [0, 0.05) is 38.7 Å². The molecule has 0 amide bonds. The molecule has 7 heteroatoms. The molecular weight excluding hydrogens is 419 g/mol. The van der Waals surface area contributed by atoms with Crippen LogP contribution >= 0.6 is 24.0 Å². The normalized spacial score (nSPS) is 25.3. The van der Waals surface area contributed by atoms with E-state index in [-0.39, 0.29) is 30.0 Å². The minimum atomic E-state index is 0. The van der Waals surface area contributed by atoms with Crippen molar-refractivity contribution in [1.29, 1.82) is 0 Å². The van der Waals surface area contributed by atoms with E-state index < -0.39 is 0 Å². The number of likely N-dealkylation sites (tertiary alicyclic amines) is 1. The molecule has 24 heavy (non-hydrogen) atoms. The van der Waals surface area contributed by atoms with Crippen molar-refractivity contribution in [3.8, 4) is 0 Å². The first-order valence-corrected chi connectivity index (χ1v) is 8.37. The molecule has 1 spiro atoms. The highest BCUT2D eigenvalue weighted by Gasteiger charge is 2.42. The zero-order chi connectivity index (χ0) is 16.3. The number of rotatable bonds is 4. The van der Waals surface area contributed by atoms with Crippen molar-refractivity contribution in [3.63, 3.8) is 0 Å². The first kappa shape index (κ1) is 19.5. The van der Waals surface area contributed by atoms with E-state index >= 15 is 0 Å². The number of ether oxygens (including phenoxy) is 1. The summed E-state index contributed by atoms with van der Waals surface area (Å²) in [7, 11) is 5.99. The van der Waals surface area contributed by atoms with E-state index in [2.05, 4.69) is 34.2 Å². The smallest absolute Gasteiger partial charge is 0.193 e. The second-order valence-electron chi connectivity index (χ2n) is 6.90. The van der Waals surface area contributed by atoms with E-state index in [4.69, 9.17) is 9.15 Å². The van der Waals surface area contributed by atoms with Crippen molar-refractivity contribution >= 4 is 29.9 Å². The number of nitrogens with one attached hydrogen (secondary N) is 1. The highest BCUT2D eigenvalue weighted by atomic mass is 127. The van der Waals surface area contributed by atoms with Crippen molar-refractivity contribution in [2.45, 2.75) is 18.9 Å². The van der Waals surface area contributed by atoms with E-state index in [0.29, 0.717) is 5.41 Å². The molecule has 1 aromatic heterocycles. The molecule has 0 bridgehead atoms. The Labute approximate surface area is 161 Å². The van der Waals surface area contributed by atoms with Gasteiger partial charge in [-0.1, -0.05) is 0 Å². The molecular formula is C17H29IN4O2. The Morgan fingerprint density at radius 1 is 1.46 bits per heavy atom. The van der Waals surface area contributed by atoms with Crippen molar-refractivity contribution in [2.24, 2.45) is 10.4 Å². The van der Waals surface area contributed by atoms with Crippen molar-refractivity contribution in [2.75, 3.05) is 54.0 Å². The Kier molecular flexibility index (Phi) is 6.94. The second-order valence-corrected chi connectivity index (χ2v) is 6.90. The maximum absolute atomic E-state index is 5.62. The monoisotopic (exact) mass is 448 g/mol. The van der Waals surface area contributed by atoms with Gasteiger partial charge in [-0.05, 0) is 39.1 Å². The van der Waals surface area contributed by atoms with Gasteiger partial charge in [-0.15, -0.1) is 24.0 Å². The molecule has 2 saturated heterocycles. The summed E-state index contributed by atoms with van der Waals surface area (Å²) in [4.78, 5) is 9.01. The summed E-state index contributed by atoms with van der Waals surface area (Å²) in [5.41, 5.74) is 0.347. The van der Waals surface area contributed by atoms with Crippen LogP contribution in [0.25, 0.3) is 0 Å². The molecule has 0 aliphatic carbocycles. The Bertz CT molecular complexity index is 527. The molecule has 2 aliphatic rings. The predicted molar refractivity (Wildman–Crippen MR) is 106 cm³/mol. The second kappa shape index (κ2) is 8.53. The molecule has 2 unspecified atom stereocenters. The SMILES string of the molecule is CN=C(NCC(c1ccco1)N(C)C)N1CCC2(CCOC2)C1.I. The third-order valence-corrected chi connectivity index (χ3v) is 5.08. The number of hydrogen-bond donors (Lipinski definition) is 1. The molecule has 1 aromatic rings. The molecule has 2 aliphatic heterocycles. The minimum absolute atomic E-state index is 0. The molecule has 6 nitrogen and oxygen atoms in total. The number of nitrogens with zero attached hydrogens (tertiary/aromatic N) is 3. The van der Waals surface area contributed by atoms with Crippen LogP contribution in [0.4, 0.5) is 0 Å². The number of aliphatic imine (C=N–C) groups is 1. The molecule has 2 fully saturated rings. The number of furan rings is 1. The predicted octanol–water partition coefficient (Wildman–Crippen LogP) is 2.19. The summed E-state index contributed by atoms with van der Waals surface area (Å²) >= 11 is 0. The summed E-state index contributed by atoms with van der Waals surface area (Å²) in [6, 6.07) is 4.15.